The maximum absolute atomic E-state index is 10.7. The van der Waals surface area contributed by atoms with Gasteiger partial charge in [0.25, 0.3) is 0 Å². The normalized spacial score (nSPS) is 24.5. The highest BCUT2D eigenvalue weighted by molar-refractivity contribution is 7.99. The zero-order chi connectivity index (χ0) is 13.0. The first-order chi connectivity index (χ1) is 8.66. The van der Waals surface area contributed by atoms with E-state index in [9.17, 15) is 9.90 Å². The first-order valence-electron chi connectivity index (χ1n) is 6.21. The molecule has 0 aliphatic heterocycles. The summed E-state index contributed by atoms with van der Waals surface area (Å²) in [5, 5.41) is 19.8. The van der Waals surface area contributed by atoms with Crippen molar-refractivity contribution in [3.63, 3.8) is 0 Å². The first-order valence-corrected chi connectivity index (χ1v) is 7.09. The summed E-state index contributed by atoms with van der Waals surface area (Å²) in [6, 6.07) is 3.27. The summed E-state index contributed by atoms with van der Waals surface area (Å²) in [5.74, 6) is -0.964. The summed E-state index contributed by atoms with van der Waals surface area (Å²) < 4.78 is 0. The molecule has 2 N–H and O–H groups in total. The van der Waals surface area contributed by atoms with Crippen molar-refractivity contribution in [1.82, 2.24) is 4.98 Å². The van der Waals surface area contributed by atoms with Crippen LogP contribution in [0.2, 0.25) is 0 Å². The summed E-state index contributed by atoms with van der Waals surface area (Å²) in [6.45, 7) is 0. The standard InChI is InChI=1S/C13H17NO3S/c15-10-4-2-1-3-5-11(10)18-12-7-6-9(8-14-12)13(16)17/h6-8,10-11,15H,1-5H2,(H,16,17). The van der Waals surface area contributed by atoms with Gasteiger partial charge >= 0.3 is 5.97 Å². The van der Waals surface area contributed by atoms with Gasteiger partial charge in [0.2, 0.25) is 0 Å². The molecule has 1 heterocycles. The molecule has 98 valence electrons. The molecular formula is C13H17NO3S. The van der Waals surface area contributed by atoms with E-state index in [4.69, 9.17) is 5.11 Å². The molecule has 2 unspecified atom stereocenters. The number of aliphatic hydroxyl groups excluding tert-OH is 1. The molecule has 1 aliphatic carbocycles. The van der Waals surface area contributed by atoms with Crippen molar-refractivity contribution in [3.05, 3.63) is 23.9 Å². The Morgan fingerprint density at radius 2 is 2.06 bits per heavy atom. The minimum Gasteiger partial charge on any atom is -0.478 e. The van der Waals surface area contributed by atoms with E-state index < -0.39 is 5.97 Å². The van der Waals surface area contributed by atoms with Crippen LogP contribution in [0.15, 0.2) is 23.4 Å². The largest absolute Gasteiger partial charge is 0.478 e. The maximum Gasteiger partial charge on any atom is 0.337 e. The zero-order valence-corrected chi connectivity index (χ0v) is 10.9. The van der Waals surface area contributed by atoms with Gasteiger partial charge in [-0.25, -0.2) is 9.78 Å². The van der Waals surface area contributed by atoms with Gasteiger partial charge in [0.15, 0.2) is 0 Å². The molecule has 1 aromatic heterocycles. The number of carbonyl (C=O) groups is 1. The van der Waals surface area contributed by atoms with Gasteiger partial charge in [0.05, 0.1) is 16.7 Å². The van der Waals surface area contributed by atoms with Crippen LogP contribution in [0.3, 0.4) is 0 Å². The molecule has 1 saturated carbocycles. The van der Waals surface area contributed by atoms with Gasteiger partial charge < -0.3 is 10.2 Å². The average molecular weight is 267 g/mol. The van der Waals surface area contributed by atoms with E-state index in [2.05, 4.69) is 4.98 Å². The fourth-order valence-corrected chi connectivity index (χ4v) is 3.27. The molecule has 0 aromatic carbocycles. The Hall–Kier alpha value is -1.07. The van der Waals surface area contributed by atoms with Gasteiger partial charge in [-0.3, -0.25) is 0 Å². The molecule has 0 spiro atoms. The quantitative estimate of drug-likeness (QED) is 0.824. The Kier molecular flexibility index (Phi) is 4.60. The first kappa shape index (κ1) is 13.4. The van der Waals surface area contributed by atoms with Crippen molar-refractivity contribution in [3.8, 4) is 0 Å². The van der Waals surface area contributed by atoms with Crippen molar-refractivity contribution in [2.75, 3.05) is 0 Å². The van der Waals surface area contributed by atoms with Crippen molar-refractivity contribution >= 4 is 17.7 Å². The lowest BCUT2D eigenvalue weighted by atomic mass is 10.1. The van der Waals surface area contributed by atoms with Gasteiger partial charge in [-0.1, -0.05) is 19.3 Å². The zero-order valence-electron chi connectivity index (χ0n) is 10.1. The Morgan fingerprint density at radius 3 is 2.72 bits per heavy atom. The van der Waals surface area contributed by atoms with E-state index >= 15 is 0 Å². The average Bonchev–Trinajstić information content (AvgIpc) is 2.56. The van der Waals surface area contributed by atoms with Crippen LogP contribution in [0.25, 0.3) is 0 Å². The number of aliphatic hydroxyl groups is 1. The molecule has 0 radical (unpaired) electrons. The van der Waals surface area contributed by atoms with Crippen LogP contribution in [0.1, 0.15) is 42.5 Å². The van der Waals surface area contributed by atoms with Crippen LogP contribution in [0, 0.1) is 0 Å². The molecule has 18 heavy (non-hydrogen) atoms. The number of pyridine rings is 1. The fraction of sp³-hybridized carbons (Fsp3) is 0.538. The number of nitrogens with zero attached hydrogens (tertiary/aromatic N) is 1. The smallest absolute Gasteiger partial charge is 0.337 e. The Balaban J connectivity index is 2.01. The highest BCUT2D eigenvalue weighted by Crippen LogP contribution is 2.32. The van der Waals surface area contributed by atoms with Crippen LogP contribution < -0.4 is 0 Å². The van der Waals surface area contributed by atoms with E-state index in [0.717, 1.165) is 30.7 Å². The molecule has 1 aromatic rings. The van der Waals surface area contributed by atoms with Crippen LogP contribution >= 0.6 is 11.8 Å². The SMILES string of the molecule is O=C(O)c1ccc(SC2CCCCCC2O)nc1. The molecule has 0 amide bonds. The lowest BCUT2D eigenvalue weighted by Crippen LogP contribution is -2.21. The highest BCUT2D eigenvalue weighted by atomic mass is 32.2. The summed E-state index contributed by atoms with van der Waals surface area (Å²) >= 11 is 1.55. The summed E-state index contributed by atoms with van der Waals surface area (Å²) in [7, 11) is 0. The number of rotatable bonds is 3. The van der Waals surface area contributed by atoms with Gasteiger partial charge in [0, 0.05) is 11.4 Å². The van der Waals surface area contributed by atoms with Crippen molar-refractivity contribution in [2.24, 2.45) is 0 Å². The molecular weight excluding hydrogens is 250 g/mol. The molecule has 2 rings (SSSR count). The third kappa shape index (κ3) is 3.46. The van der Waals surface area contributed by atoms with Crippen LogP contribution in [-0.2, 0) is 0 Å². The summed E-state index contributed by atoms with van der Waals surface area (Å²) in [4.78, 5) is 14.8. The molecule has 4 nitrogen and oxygen atoms in total. The van der Waals surface area contributed by atoms with Crippen LogP contribution in [0.5, 0.6) is 0 Å². The second-order valence-electron chi connectivity index (χ2n) is 4.55. The van der Waals surface area contributed by atoms with Gasteiger partial charge in [-0.2, -0.15) is 0 Å². The van der Waals surface area contributed by atoms with Gasteiger partial charge in [-0.15, -0.1) is 11.8 Å². The van der Waals surface area contributed by atoms with E-state index in [0.29, 0.717) is 0 Å². The Labute approximate surface area is 110 Å². The van der Waals surface area contributed by atoms with E-state index in [1.165, 1.54) is 12.6 Å². The minimum atomic E-state index is -0.964. The third-order valence-electron chi connectivity index (χ3n) is 3.17. The molecule has 0 saturated heterocycles. The monoisotopic (exact) mass is 267 g/mol. The molecule has 2 atom stereocenters. The van der Waals surface area contributed by atoms with Crippen molar-refractivity contribution in [1.29, 1.82) is 0 Å². The molecule has 1 aliphatic rings. The van der Waals surface area contributed by atoms with E-state index in [1.807, 2.05) is 0 Å². The van der Waals surface area contributed by atoms with Crippen molar-refractivity contribution < 1.29 is 15.0 Å². The second kappa shape index (κ2) is 6.20. The Bertz CT molecular complexity index is 407. The van der Waals surface area contributed by atoms with Gasteiger partial charge in [-0.05, 0) is 25.0 Å². The highest BCUT2D eigenvalue weighted by Gasteiger charge is 2.23. The second-order valence-corrected chi connectivity index (χ2v) is 5.81. The topological polar surface area (TPSA) is 70.4 Å². The van der Waals surface area contributed by atoms with E-state index in [-0.39, 0.29) is 16.9 Å². The fourth-order valence-electron chi connectivity index (χ4n) is 2.12. The summed E-state index contributed by atoms with van der Waals surface area (Å²) in [5.41, 5.74) is 0.195. The van der Waals surface area contributed by atoms with Crippen LogP contribution in [-0.4, -0.2) is 32.5 Å². The lowest BCUT2D eigenvalue weighted by Gasteiger charge is -2.19. The van der Waals surface area contributed by atoms with E-state index in [1.54, 1.807) is 23.9 Å². The number of aromatic nitrogens is 1. The number of aromatic carboxylic acids is 1. The lowest BCUT2D eigenvalue weighted by molar-refractivity contribution is 0.0696. The van der Waals surface area contributed by atoms with Gasteiger partial charge in [0.1, 0.15) is 0 Å². The number of carboxylic acids is 1. The number of carboxylic acid groups (broad SMARTS) is 1. The minimum absolute atomic E-state index is 0.177. The summed E-state index contributed by atoms with van der Waals surface area (Å²) in [6.07, 6.45) is 6.34. The molecule has 5 heteroatoms. The molecule has 1 fully saturated rings. The maximum atomic E-state index is 10.7. The van der Waals surface area contributed by atoms with Crippen molar-refractivity contribution in [2.45, 2.75) is 48.5 Å². The predicted molar refractivity (Wildman–Crippen MR) is 69.9 cm³/mol. The number of thioether (sulfide) groups is 1. The number of hydrogen-bond donors (Lipinski definition) is 2. The third-order valence-corrected chi connectivity index (χ3v) is 4.51. The number of hydrogen-bond acceptors (Lipinski definition) is 4. The van der Waals surface area contributed by atoms with Crippen LogP contribution in [0.4, 0.5) is 0 Å². The predicted octanol–water partition coefficient (Wildman–Crippen LogP) is 2.57. The molecule has 0 bridgehead atoms. The Morgan fingerprint density at radius 1 is 1.28 bits per heavy atom.